The van der Waals surface area contributed by atoms with E-state index < -0.39 is 0 Å². The lowest BCUT2D eigenvalue weighted by atomic mass is 10.1. The van der Waals surface area contributed by atoms with Gasteiger partial charge in [-0.2, -0.15) is 5.10 Å². The lowest BCUT2D eigenvalue weighted by Crippen LogP contribution is -2.19. The number of aromatic nitrogens is 2. The Balaban J connectivity index is 1.38. The number of rotatable bonds is 10. The van der Waals surface area contributed by atoms with Crippen molar-refractivity contribution in [1.29, 1.82) is 0 Å². The van der Waals surface area contributed by atoms with Gasteiger partial charge >= 0.3 is 0 Å². The van der Waals surface area contributed by atoms with Gasteiger partial charge in [0, 0.05) is 6.42 Å². The molecule has 3 N–H and O–H groups in total. The molecular formula is C22H25N5O3S. The fraction of sp³-hybridized carbons (Fsp3) is 0.273. The summed E-state index contributed by atoms with van der Waals surface area (Å²) >= 11 is 1.18. The summed E-state index contributed by atoms with van der Waals surface area (Å²) in [7, 11) is 0. The summed E-state index contributed by atoms with van der Waals surface area (Å²) in [5.41, 5.74) is 11.2. The van der Waals surface area contributed by atoms with Gasteiger partial charge in [0.05, 0.1) is 25.8 Å². The molecule has 3 aromatic rings. The van der Waals surface area contributed by atoms with Gasteiger partial charge in [-0.1, -0.05) is 29.5 Å². The maximum Gasteiger partial charge on any atom is 0.247 e. The van der Waals surface area contributed by atoms with Crippen molar-refractivity contribution in [1.82, 2.24) is 15.6 Å². The number of aryl methyl sites for hydroxylation is 2. The average molecular weight is 440 g/mol. The highest BCUT2D eigenvalue weighted by molar-refractivity contribution is 7.15. The molecule has 0 saturated heterocycles. The summed E-state index contributed by atoms with van der Waals surface area (Å²) in [5.74, 6) is 1.31. The lowest BCUT2D eigenvalue weighted by Gasteiger charge is -2.09. The second kappa shape index (κ2) is 11.1. The Kier molecular flexibility index (Phi) is 7.94. The molecule has 0 spiro atoms. The molecule has 0 atom stereocenters. The average Bonchev–Trinajstić information content (AvgIpc) is 3.15. The van der Waals surface area contributed by atoms with Crippen molar-refractivity contribution in [3.8, 4) is 11.5 Å². The number of benzene rings is 2. The van der Waals surface area contributed by atoms with Gasteiger partial charge < -0.3 is 15.2 Å². The van der Waals surface area contributed by atoms with Crippen LogP contribution in [0.3, 0.4) is 0 Å². The van der Waals surface area contributed by atoms with Crippen LogP contribution in [0.15, 0.2) is 47.6 Å². The summed E-state index contributed by atoms with van der Waals surface area (Å²) < 4.78 is 11.5. The second-order valence-electron chi connectivity index (χ2n) is 6.87. The summed E-state index contributed by atoms with van der Waals surface area (Å²) in [6.45, 7) is 5.27. The number of amides is 1. The summed E-state index contributed by atoms with van der Waals surface area (Å²) in [6, 6.07) is 13.5. The molecule has 0 saturated carbocycles. The lowest BCUT2D eigenvalue weighted by molar-refractivity contribution is -0.120. The van der Waals surface area contributed by atoms with Crippen molar-refractivity contribution >= 4 is 28.6 Å². The minimum Gasteiger partial charge on any atom is -0.493 e. The molecule has 31 heavy (non-hydrogen) atoms. The first kappa shape index (κ1) is 22.2. The molecule has 0 aliphatic carbocycles. The first-order valence-electron chi connectivity index (χ1n) is 9.82. The van der Waals surface area contributed by atoms with E-state index >= 15 is 0 Å². The van der Waals surface area contributed by atoms with Crippen LogP contribution in [0.25, 0.3) is 0 Å². The third-order valence-corrected chi connectivity index (χ3v) is 5.11. The molecule has 3 rings (SSSR count). The number of hydrazone groups is 1. The van der Waals surface area contributed by atoms with E-state index in [1.807, 2.05) is 36.4 Å². The number of ether oxygens (including phenoxy) is 2. The van der Waals surface area contributed by atoms with E-state index in [4.69, 9.17) is 15.2 Å². The van der Waals surface area contributed by atoms with Crippen LogP contribution in [-0.2, 0) is 11.2 Å². The van der Waals surface area contributed by atoms with Gasteiger partial charge in [-0.25, -0.2) is 5.43 Å². The molecule has 0 aliphatic heterocycles. The minimum absolute atomic E-state index is 0.0829. The number of anilines is 1. The number of nitrogens with one attached hydrogen (secondary N) is 1. The van der Waals surface area contributed by atoms with Gasteiger partial charge in [0.1, 0.15) is 16.5 Å². The van der Waals surface area contributed by atoms with Crippen LogP contribution < -0.4 is 20.6 Å². The fourth-order valence-corrected chi connectivity index (χ4v) is 3.23. The molecule has 0 fully saturated rings. The number of carbonyl (C=O) groups excluding carboxylic acids is 1. The summed E-state index contributed by atoms with van der Waals surface area (Å²) in [5, 5.41) is 12.3. The molecule has 162 valence electrons. The third kappa shape index (κ3) is 7.38. The maximum atomic E-state index is 11.9. The quantitative estimate of drug-likeness (QED) is 0.285. The van der Waals surface area contributed by atoms with Crippen molar-refractivity contribution in [3.63, 3.8) is 0 Å². The normalized spacial score (nSPS) is 10.9. The smallest absolute Gasteiger partial charge is 0.247 e. The van der Waals surface area contributed by atoms with E-state index in [0.29, 0.717) is 23.4 Å². The highest BCUT2D eigenvalue weighted by atomic mass is 32.1. The van der Waals surface area contributed by atoms with Crippen molar-refractivity contribution < 1.29 is 14.3 Å². The highest BCUT2D eigenvalue weighted by Crippen LogP contribution is 2.17. The molecule has 9 heteroatoms. The van der Waals surface area contributed by atoms with E-state index in [0.717, 1.165) is 23.5 Å². The van der Waals surface area contributed by atoms with E-state index in [1.165, 1.54) is 22.5 Å². The van der Waals surface area contributed by atoms with Crippen molar-refractivity contribution in [2.45, 2.75) is 26.7 Å². The number of nitrogens with zero attached hydrogens (tertiary/aromatic N) is 3. The van der Waals surface area contributed by atoms with Crippen molar-refractivity contribution in [2.75, 3.05) is 18.9 Å². The SMILES string of the molecule is Cc1ccc(OCCCOc2cccc(/C=N\NC(=O)Cc3nnc(N)s3)c2)cc1C. The standard InChI is InChI=1S/C22H25N5O3S/c1-15-7-8-19(11-16(15)2)30-10-4-9-29-18-6-3-5-17(12-18)14-24-25-20(28)13-21-26-27-22(23)31-21/h3,5-8,11-12,14H,4,9-10,13H2,1-2H3,(H2,23,27)(H,25,28)/b24-14-. The van der Waals surface area contributed by atoms with Crippen LogP contribution in [0.1, 0.15) is 28.1 Å². The topological polar surface area (TPSA) is 112 Å². The monoisotopic (exact) mass is 439 g/mol. The number of nitrogen functional groups attached to an aromatic ring is 1. The zero-order valence-electron chi connectivity index (χ0n) is 17.5. The van der Waals surface area contributed by atoms with Crippen molar-refractivity contribution in [2.24, 2.45) is 5.10 Å². The zero-order chi connectivity index (χ0) is 22.1. The van der Waals surface area contributed by atoms with Crippen LogP contribution in [0.2, 0.25) is 0 Å². The molecule has 0 bridgehead atoms. The minimum atomic E-state index is -0.288. The van der Waals surface area contributed by atoms with Crippen LogP contribution in [0.4, 0.5) is 5.13 Å². The first-order valence-corrected chi connectivity index (χ1v) is 10.6. The molecule has 0 aliphatic rings. The van der Waals surface area contributed by atoms with E-state index in [1.54, 1.807) is 6.21 Å². The van der Waals surface area contributed by atoms with E-state index in [2.05, 4.69) is 40.6 Å². The first-order chi connectivity index (χ1) is 15.0. The van der Waals surface area contributed by atoms with Crippen LogP contribution in [0, 0.1) is 13.8 Å². The Morgan fingerprint density at radius 3 is 2.58 bits per heavy atom. The van der Waals surface area contributed by atoms with Gasteiger partial charge in [0.15, 0.2) is 0 Å². The molecule has 1 aromatic heterocycles. The Bertz CT molecular complexity index is 1050. The summed E-state index contributed by atoms with van der Waals surface area (Å²) in [6.07, 6.45) is 2.40. The Morgan fingerprint density at radius 2 is 1.87 bits per heavy atom. The predicted molar refractivity (Wildman–Crippen MR) is 122 cm³/mol. The third-order valence-electron chi connectivity index (χ3n) is 4.36. The number of carbonyl (C=O) groups is 1. The molecule has 1 heterocycles. The van der Waals surface area contributed by atoms with Gasteiger partial charge in [-0.15, -0.1) is 10.2 Å². The molecule has 0 unspecified atom stereocenters. The Labute approximate surface area is 185 Å². The van der Waals surface area contributed by atoms with Gasteiger partial charge in [-0.3, -0.25) is 4.79 Å². The predicted octanol–water partition coefficient (Wildman–Crippen LogP) is 3.28. The Hall–Kier alpha value is -3.46. The Morgan fingerprint density at radius 1 is 1.10 bits per heavy atom. The van der Waals surface area contributed by atoms with Gasteiger partial charge in [0.2, 0.25) is 11.0 Å². The van der Waals surface area contributed by atoms with Gasteiger partial charge in [-0.05, 0) is 54.8 Å². The second-order valence-corrected chi connectivity index (χ2v) is 7.97. The van der Waals surface area contributed by atoms with E-state index in [9.17, 15) is 4.79 Å². The molecule has 1 amide bonds. The zero-order valence-corrected chi connectivity index (χ0v) is 18.3. The number of hydrogen-bond acceptors (Lipinski definition) is 8. The maximum absolute atomic E-state index is 11.9. The summed E-state index contributed by atoms with van der Waals surface area (Å²) in [4.78, 5) is 11.9. The molecule has 0 radical (unpaired) electrons. The number of nitrogens with two attached hydrogens (primary N) is 1. The van der Waals surface area contributed by atoms with Crippen molar-refractivity contribution in [3.05, 3.63) is 64.2 Å². The van der Waals surface area contributed by atoms with Crippen LogP contribution in [0.5, 0.6) is 11.5 Å². The molecular weight excluding hydrogens is 414 g/mol. The molecule has 2 aromatic carbocycles. The highest BCUT2D eigenvalue weighted by Gasteiger charge is 2.07. The van der Waals surface area contributed by atoms with Crippen LogP contribution >= 0.6 is 11.3 Å². The number of hydrogen-bond donors (Lipinski definition) is 2. The van der Waals surface area contributed by atoms with Crippen LogP contribution in [-0.4, -0.2) is 35.5 Å². The fourth-order valence-electron chi connectivity index (χ4n) is 2.62. The molecule has 8 nitrogen and oxygen atoms in total. The largest absolute Gasteiger partial charge is 0.493 e. The van der Waals surface area contributed by atoms with Gasteiger partial charge in [0.25, 0.3) is 0 Å². The van der Waals surface area contributed by atoms with E-state index in [-0.39, 0.29) is 12.3 Å².